The number of benzene rings is 2. The van der Waals surface area contributed by atoms with Crippen molar-refractivity contribution in [2.75, 3.05) is 19.6 Å². The summed E-state index contributed by atoms with van der Waals surface area (Å²) in [6.07, 6.45) is 1.27. The van der Waals surface area contributed by atoms with Gasteiger partial charge in [-0.1, -0.05) is 30.3 Å². The highest BCUT2D eigenvalue weighted by molar-refractivity contribution is 5.98. The molecule has 2 aromatic carbocycles. The van der Waals surface area contributed by atoms with Crippen molar-refractivity contribution >= 4 is 35.0 Å². The zero-order valence-electron chi connectivity index (χ0n) is 13.4. The first-order valence-corrected chi connectivity index (χ1v) is 7.99. The van der Waals surface area contributed by atoms with Crippen LogP contribution in [0.1, 0.15) is 23.2 Å². The molecule has 0 saturated carbocycles. The maximum atomic E-state index is 12.2. The summed E-state index contributed by atoms with van der Waals surface area (Å²) in [4.78, 5) is 24.0. The molecule has 1 atom stereocenters. The lowest BCUT2D eigenvalue weighted by Crippen LogP contribution is -2.38. The summed E-state index contributed by atoms with van der Waals surface area (Å²) in [5, 5.41) is 11.1. The van der Waals surface area contributed by atoms with Gasteiger partial charge in [0.15, 0.2) is 0 Å². The Morgan fingerprint density at radius 1 is 1.12 bits per heavy atom. The van der Waals surface area contributed by atoms with E-state index in [2.05, 4.69) is 16.0 Å². The Morgan fingerprint density at radius 2 is 1.92 bits per heavy atom. The molecule has 1 aliphatic rings. The van der Waals surface area contributed by atoms with Gasteiger partial charge in [0.1, 0.15) is 0 Å². The molecule has 0 aromatic heterocycles. The zero-order valence-corrected chi connectivity index (χ0v) is 14.2. The van der Waals surface area contributed by atoms with Crippen molar-refractivity contribution in [2.45, 2.75) is 18.9 Å². The molecule has 0 aliphatic carbocycles. The number of nitrogens with one attached hydrogen (secondary N) is 3. The molecule has 2 amide bonds. The molecule has 3 N–H and O–H groups in total. The average molecular weight is 348 g/mol. The molecule has 1 aliphatic heterocycles. The highest BCUT2D eigenvalue weighted by atomic mass is 35.5. The SMILES string of the molecule is Cl.O=C(CCNC(=O)c1ccc2ccccc2c1)NC1CCNC1. The molecule has 0 spiro atoms. The Balaban J connectivity index is 0.00000208. The van der Waals surface area contributed by atoms with Gasteiger partial charge in [0.05, 0.1) is 0 Å². The molecule has 0 radical (unpaired) electrons. The summed E-state index contributed by atoms with van der Waals surface area (Å²) in [5.41, 5.74) is 0.615. The fourth-order valence-electron chi connectivity index (χ4n) is 2.80. The molecule has 1 saturated heterocycles. The number of amides is 2. The quantitative estimate of drug-likeness (QED) is 0.773. The van der Waals surface area contributed by atoms with Crippen LogP contribution in [0, 0.1) is 0 Å². The Morgan fingerprint density at radius 3 is 2.67 bits per heavy atom. The van der Waals surface area contributed by atoms with Crippen molar-refractivity contribution in [1.29, 1.82) is 0 Å². The van der Waals surface area contributed by atoms with Crippen molar-refractivity contribution in [1.82, 2.24) is 16.0 Å². The second kappa shape index (κ2) is 8.66. The fraction of sp³-hybridized carbons (Fsp3) is 0.333. The molecular weight excluding hydrogens is 326 g/mol. The van der Waals surface area contributed by atoms with E-state index in [4.69, 9.17) is 0 Å². The molecule has 0 bridgehead atoms. The predicted octanol–water partition coefficient (Wildman–Crippen LogP) is 1.86. The van der Waals surface area contributed by atoms with Gasteiger partial charge in [-0.25, -0.2) is 0 Å². The van der Waals surface area contributed by atoms with E-state index in [1.807, 2.05) is 42.5 Å². The summed E-state index contributed by atoms with van der Waals surface area (Å²) in [7, 11) is 0. The summed E-state index contributed by atoms with van der Waals surface area (Å²) >= 11 is 0. The van der Waals surface area contributed by atoms with E-state index in [1.165, 1.54) is 0 Å². The number of hydrogen-bond acceptors (Lipinski definition) is 3. The smallest absolute Gasteiger partial charge is 0.251 e. The topological polar surface area (TPSA) is 70.2 Å². The summed E-state index contributed by atoms with van der Waals surface area (Å²) in [6, 6.07) is 13.8. The van der Waals surface area contributed by atoms with E-state index < -0.39 is 0 Å². The Kier molecular flexibility index (Phi) is 6.58. The van der Waals surface area contributed by atoms with Gasteiger partial charge >= 0.3 is 0 Å². The van der Waals surface area contributed by atoms with Crippen LogP contribution in [-0.2, 0) is 4.79 Å². The second-order valence-electron chi connectivity index (χ2n) is 5.83. The molecule has 24 heavy (non-hydrogen) atoms. The van der Waals surface area contributed by atoms with Crippen LogP contribution >= 0.6 is 12.4 Å². The van der Waals surface area contributed by atoms with Crippen LogP contribution in [0.2, 0.25) is 0 Å². The highest BCUT2D eigenvalue weighted by Gasteiger charge is 2.16. The first-order valence-electron chi connectivity index (χ1n) is 7.99. The van der Waals surface area contributed by atoms with Gasteiger partial charge in [-0.15, -0.1) is 12.4 Å². The Bertz CT molecular complexity index is 714. The molecule has 5 nitrogen and oxygen atoms in total. The first kappa shape index (κ1) is 18.2. The highest BCUT2D eigenvalue weighted by Crippen LogP contribution is 2.15. The molecule has 6 heteroatoms. The number of rotatable bonds is 5. The van der Waals surface area contributed by atoms with Crippen molar-refractivity contribution in [2.24, 2.45) is 0 Å². The van der Waals surface area contributed by atoms with Crippen LogP contribution in [0.25, 0.3) is 10.8 Å². The number of halogens is 1. The largest absolute Gasteiger partial charge is 0.352 e. The molecule has 1 fully saturated rings. The molecular formula is C18H22ClN3O2. The third-order valence-electron chi connectivity index (χ3n) is 4.07. The first-order chi connectivity index (χ1) is 11.2. The summed E-state index contributed by atoms with van der Waals surface area (Å²) in [5.74, 6) is -0.163. The number of carbonyl (C=O) groups is 2. The molecule has 1 unspecified atom stereocenters. The molecule has 128 valence electrons. The van der Waals surface area contributed by atoms with Gasteiger partial charge in [-0.05, 0) is 35.9 Å². The predicted molar refractivity (Wildman–Crippen MR) is 97.6 cm³/mol. The van der Waals surface area contributed by atoms with E-state index in [0.717, 1.165) is 30.3 Å². The van der Waals surface area contributed by atoms with E-state index in [9.17, 15) is 9.59 Å². The van der Waals surface area contributed by atoms with E-state index in [1.54, 1.807) is 0 Å². The van der Waals surface area contributed by atoms with Gasteiger partial charge in [0, 0.05) is 31.1 Å². The van der Waals surface area contributed by atoms with Crippen LogP contribution in [0.4, 0.5) is 0 Å². The van der Waals surface area contributed by atoms with E-state index >= 15 is 0 Å². The van der Waals surface area contributed by atoms with Gasteiger partial charge in [-0.2, -0.15) is 0 Å². The summed E-state index contributed by atoms with van der Waals surface area (Å²) < 4.78 is 0. The number of fused-ring (bicyclic) bond motifs is 1. The normalized spacial score (nSPS) is 16.4. The van der Waals surface area contributed by atoms with E-state index in [-0.39, 0.29) is 30.3 Å². The number of hydrogen-bond donors (Lipinski definition) is 3. The summed E-state index contributed by atoms with van der Waals surface area (Å²) in [6.45, 7) is 2.12. The van der Waals surface area contributed by atoms with Crippen LogP contribution in [0.3, 0.4) is 0 Å². The Labute approximate surface area is 147 Å². The van der Waals surface area contributed by atoms with Crippen molar-refractivity contribution in [3.05, 3.63) is 48.0 Å². The van der Waals surface area contributed by atoms with Gasteiger partial charge < -0.3 is 16.0 Å². The average Bonchev–Trinajstić information content (AvgIpc) is 3.07. The van der Waals surface area contributed by atoms with Gasteiger partial charge in [0.25, 0.3) is 5.91 Å². The molecule has 3 rings (SSSR count). The standard InChI is InChI=1S/C18H21N3O2.ClH/c22-17(21-16-7-9-19-12-16)8-10-20-18(23)15-6-5-13-3-1-2-4-14(13)11-15;/h1-6,11,16,19H,7-10,12H2,(H,20,23)(H,21,22);1H. The van der Waals surface area contributed by atoms with Crippen LogP contribution in [0.15, 0.2) is 42.5 Å². The van der Waals surface area contributed by atoms with Crippen LogP contribution in [-0.4, -0.2) is 37.5 Å². The second-order valence-corrected chi connectivity index (χ2v) is 5.83. The van der Waals surface area contributed by atoms with Crippen molar-refractivity contribution in [3.63, 3.8) is 0 Å². The minimum atomic E-state index is -0.147. The van der Waals surface area contributed by atoms with Crippen LogP contribution in [0.5, 0.6) is 0 Å². The molecule has 2 aromatic rings. The third kappa shape index (κ3) is 4.69. The fourth-order valence-corrected chi connectivity index (χ4v) is 2.80. The Hall–Kier alpha value is -2.11. The number of carbonyl (C=O) groups excluding carboxylic acids is 2. The molecule has 1 heterocycles. The van der Waals surface area contributed by atoms with E-state index in [0.29, 0.717) is 18.5 Å². The maximum absolute atomic E-state index is 12.2. The van der Waals surface area contributed by atoms with Crippen LogP contribution < -0.4 is 16.0 Å². The zero-order chi connectivity index (χ0) is 16.1. The minimum absolute atomic E-state index is 0. The maximum Gasteiger partial charge on any atom is 0.251 e. The van der Waals surface area contributed by atoms with Gasteiger partial charge in [0.2, 0.25) is 5.91 Å². The minimum Gasteiger partial charge on any atom is -0.352 e. The van der Waals surface area contributed by atoms with Crippen molar-refractivity contribution in [3.8, 4) is 0 Å². The van der Waals surface area contributed by atoms with Crippen molar-refractivity contribution < 1.29 is 9.59 Å². The lowest BCUT2D eigenvalue weighted by atomic mass is 10.1. The third-order valence-corrected chi connectivity index (χ3v) is 4.07. The lowest BCUT2D eigenvalue weighted by molar-refractivity contribution is -0.121. The monoisotopic (exact) mass is 347 g/mol. The lowest BCUT2D eigenvalue weighted by Gasteiger charge is -2.11. The van der Waals surface area contributed by atoms with Gasteiger partial charge in [-0.3, -0.25) is 9.59 Å².